The number of amides is 1. The lowest BCUT2D eigenvalue weighted by molar-refractivity contribution is -0.384. The zero-order valence-electron chi connectivity index (χ0n) is 12.8. The summed E-state index contributed by atoms with van der Waals surface area (Å²) >= 11 is 6.37. The minimum absolute atomic E-state index is 0.140. The molecular weight excluding hydrogens is 360 g/mol. The van der Waals surface area contributed by atoms with Gasteiger partial charge in [0, 0.05) is 17.7 Å². The van der Waals surface area contributed by atoms with Gasteiger partial charge in [0.2, 0.25) is 0 Å². The number of thioether (sulfide) groups is 1. The fourth-order valence-corrected chi connectivity index (χ4v) is 3.56. The molecular formula is C17H12N2O4S2. The zero-order chi connectivity index (χ0) is 18.0. The van der Waals surface area contributed by atoms with Crippen molar-refractivity contribution in [3.8, 4) is 5.75 Å². The molecule has 1 heterocycles. The van der Waals surface area contributed by atoms with Gasteiger partial charge in [0.05, 0.1) is 16.4 Å². The van der Waals surface area contributed by atoms with E-state index in [0.717, 1.165) is 17.3 Å². The van der Waals surface area contributed by atoms with E-state index in [1.54, 1.807) is 0 Å². The summed E-state index contributed by atoms with van der Waals surface area (Å²) in [5.41, 5.74) is 0.983. The van der Waals surface area contributed by atoms with Gasteiger partial charge in [-0.3, -0.25) is 19.8 Å². The van der Waals surface area contributed by atoms with Crippen molar-refractivity contribution >= 4 is 46.0 Å². The number of non-ortho nitro benzene ring substituents is 1. The number of nitrogens with zero attached hydrogens (tertiary/aromatic N) is 2. The molecule has 25 heavy (non-hydrogen) atoms. The maximum absolute atomic E-state index is 12.6. The molecule has 1 aliphatic rings. The molecule has 0 unspecified atom stereocenters. The van der Waals surface area contributed by atoms with Crippen LogP contribution >= 0.6 is 24.0 Å². The van der Waals surface area contributed by atoms with Crippen molar-refractivity contribution in [2.24, 2.45) is 0 Å². The van der Waals surface area contributed by atoms with Crippen LogP contribution < -0.4 is 0 Å². The summed E-state index contributed by atoms with van der Waals surface area (Å²) in [5.74, 6) is -0.427. The number of aromatic hydroxyl groups is 1. The molecule has 1 aliphatic heterocycles. The fourth-order valence-electron chi connectivity index (χ4n) is 2.31. The Labute approximate surface area is 152 Å². The van der Waals surface area contributed by atoms with Crippen molar-refractivity contribution in [2.45, 2.75) is 6.54 Å². The van der Waals surface area contributed by atoms with Gasteiger partial charge in [-0.2, -0.15) is 0 Å². The number of hydrogen-bond donors (Lipinski definition) is 1. The lowest BCUT2D eigenvalue weighted by Crippen LogP contribution is -2.27. The van der Waals surface area contributed by atoms with Crippen LogP contribution in [0.1, 0.15) is 11.1 Å². The van der Waals surface area contributed by atoms with E-state index in [1.807, 2.05) is 30.3 Å². The first-order chi connectivity index (χ1) is 12.0. The highest BCUT2D eigenvalue weighted by atomic mass is 32.2. The Morgan fingerprint density at radius 2 is 1.96 bits per heavy atom. The largest absolute Gasteiger partial charge is 0.507 e. The number of carbonyl (C=O) groups excluding carboxylic acids is 1. The van der Waals surface area contributed by atoms with Crippen molar-refractivity contribution in [1.82, 2.24) is 4.90 Å². The predicted octanol–water partition coefficient (Wildman–Crippen LogP) is 3.70. The highest BCUT2D eigenvalue weighted by Crippen LogP contribution is 2.35. The highest BCUT2D eigenvalue weighted by Gasteiger charge is 2.32. The second kappa shape index (κ2) is 7.04. The molecule has 0 spiro atoms. The number of hydrogen-bond acceptors (Lipinski definition) is 6. The van der Waals surface area contributed by atoms with E-state index in [0.29, 0.717) is 15.8 Å². The Bertz CT molecular complexity index is 897. The minimum atomic E-state index is -0.558. The number of phenolic OH excluding ortho intramolecular Hbond substituents is 1. The van der Waals surface area contributed by atoms with Crippen LogP contribution in [0.2, 0.25) is 0 Å². The molecule has 0 saturated carbocycles. The van der Waals surface area contributed by atoms with Gasteiger partial charge in [-0.25, -0.2) is 0 Å². The van der Waals surface area contributed by atoms with Crippen LogP contribution in [0.25, 0.3) is 6.08 Å². The average Bonchev–Trinajstić information content (AvgIpc) is 2.85. The summed E-state index contributed by atoms with van der Waals surface area (Å²) in [6.07, 6.45) is 1.42. The predicted molar refractivity (Wildman–Crippen MR) is 99.9 cm³/mol. The van der Waals surface area contributed by atoms with Gasteiger partial charge in [0.15, 0.2) is 0 Å². The van der Waals surface area contributed by atoms with Gasteiger partial charge >= 0.3 is 0 Å². The van der Waals surface area contributed by atoms with Crippen LogP contribution in [0.5, 0.6) is 5.75 Å². The van der Waals surface area contributed by atoms with Crippen molar-refractivity contribution < 1.29 is 14.8 Å². The molecule has 0 aromatic heterocycles. The zero-order valence-corrected chi connectivity index (χ0v) is 14.4. The topological polar surface area (TPSA) is 83.7 Å². The lowest BCUT2D eigenvalue weighted by atomic mass is 10.1. The highest BCUT2D eigenvalue weighted by molar-refractivity contribution is 8.26. The van der Waals surface area contributed by atoms with Gasteiger partial charge in [0.1, 0.15) is 10.1 Å². The molecule has 0 atom stereocenters. The quantitative estimate of drug-likeness (QED) is 0.381. The summed E-state index contributed by atoms with van der Waals surface area (Å²) in [5, 5.41) is 20.8. The number of nitro benzene ring substituents is 1. The van der Waals surface area contributed by atoms with E-state index in [4.69, 9.17) is 12.2 Å². The maximum atomic E-state index is 12.6. The van der Waals surface area contributed by atoms with Crippen LogP contribution in [0.3, 0.4) is 0 Å². The summed E-state index contributed by atoms with van der Waals surface area (Å²) in [6.45, 7) is 0.351. The van der Waals surface area contributed by atoms with Crippen molar-refractivity contribution in [3.63, 3.8) is 0 Å². The number of nitro groups is 1. The van der Waals surface area contributed by atoms with Crippen molar-refractivity contribution in [2.75, 3.05) is 0 Å². The van der Waals surface area contributed by atoms with Gasteiger partial charge in [-0.1, -0.05) is 54.3 Å². The molecule has 0 radical (unpaired) electrons. The molecule has 2 aromatic rings. The Morgan fingerprint density at radius 1 is 1.24 bits per heavy atom. The SMILES string of the molecule is O=C1/C(=C/c2cc([N+](=O)[O-])ccc2O)SC(=S)N1Cc1ccccc1. The molecule has 2 aromatic carbocycles. The van der Waals surface area contributed by atoms with Crippen LogP contribution in [-0.4, -0.2) is 25.2 Å². The monoisotopic (exact) mass is 372 g/mol. The van der Waals surface area contributed by atoms with Crippen molar-refractivity contribution in [1.29, 1.82) is 0 Å². The Balaban J connectivity index is 1.88. The summed E-state index contributed by atoms with van der Waals surface area (Å²) in [7, 11) is 0. The van der Waals surface area contributed by atoms with Crippen LogP contribution in [0.4, 0.5) is 5.69 Å². The first-order valence-corrected chi connectivity index (χ1v) is 8.45. The van der Waals surface area contributed by atoms with Gasteiger partial charge in [-0.05, 0) is 17.7 Å². The molecule has 8 heteroatoms. The number of carbonyl (C=O) groups is 1. The smallest absolute Gasteiger partial charge is 0.270 e. The third-order valence-electron chi connectivity index (χ3n) is 3.57. The average molecular weight is 372 g/mol. The summed E-state index contributed by atoms with van der Waals surface area (Å²) in [4.78, 5) is 24.7. The van der Waals surface area contributed by atoms with Gasteiger partial charge < -0.3 is 5.11 Å². The number of phenols is 1. The second-order valence-corrected chi connectivity index (χ2v) is 6.93. The minimum Gasteiger partial charge on any atom is -0.507 e. The Morgan fingerprint density at radius 3 is 2.64 bits per heavy atom. The Hall–Kier alpha value is -2.71. The van der Waals surface area contributed by atoms with Crippen LogP contribution in [0, 0.1) is 10.1 Å². The first kappa shape index (κ1) is 17.1. The van der Waals surface area contributed by atoms with E-state index in [2.05, 4.69) is 0 Å². The van der Waals surface area contributed by atoms with E-state index in [-0.39, 0.29) is 22.9 Å². The molecule has 1 amide bonds. The number of thiocarbonyl (C=S) groups is 1. The number of benzene rings is 2. The normalized spacial score (nSPS) is 15.8. The van der Waals surface area contributed by atoms with Gasteiger partial charge in [-0.15, -0.1) is 0 Å². The fraction of sp³-hybridized carbons (Fsp3) is 0.0588. The molecule has 126 valence electrons. The maximum Gasteiger partial charge on any atom is 0.270 e. The van der Waals surface area contributed by atoms with E-state index >= 15 is 0 Å². The summed E-state index contributed by atoms with van der Waals surface area (Å²) < 4.78 is 0.407. The molecule has 6 nitrogen and oxygen atoms in total. The van der Waals surface area contributed by atoms with Crippen molar-refractivity contribution in [3.05, 3.63) is 74.7 Å². The molecule has 1 N–H and O–H groups in total. The van der Waals surface area contributed by atoms with Crippen LogP contribution in [-0.2, 0) is 11.3 Å². The van der Waals surface area contributed by atoms with E-state index < -0.39 is 4.92 Å². The summed E-state index contributed by atoms with van der Waals surface area (Å²) in [6, 6.07) is 13.1. The van der Waals surface area contributed by atoms with E-state index in [9.17, 15) is 20.0 Å². The standard InChI is InChI=1S/C17H12N2O4S2/c20-14-7-6-13(19(22)23)8-12(14)9-15-16(21)18(17(24)25-15)10-11-4-2-1-3-5-11/h1-9,20H,10H2/b15-9-. The molecule has 3 rings (SSSR count). The molecule has 1 saturated heterocycles. The number of rotatable bonds is 4. The molecule has 0 aliphatic carbocycles. The van der Waals surface area contributed by atoms with Gasteiger partial charge in [0.25, 0.3) is 11.6 Å². The Kier molecular flexibility index (Phi) is 4.82. The van der Waals surface area contributed by atoms with Crippen LogP contribution in [0.15, 0.2) is 53.4 Å². The van der Waals surface area contributed by atoms with E-state index in [1.165, 1.54) is 29.2 Å². The third-order valence-corrected chi connectivity index (χ3v) is 4.94. The third kappa shape index (κ3) is 3.70. The first-order valence-electron chi connectivity index (χ1n) is 7.22. The molecule has 1 fully saturated rings. The second-order valence-electron chi connectivity index (χ2n) is 5.25. The lowest BCUT2D eigenvalue weighted by Gasteiger charge is -2.14. The molecule has 0 bridgehead atoms.